The first kappa shape index (κ1) is 20.7. The third-order valence-electron chi connectivity index (χ3n) is 5.11. The van der Waals surface area contributed by atoms with Gasteiger partial charge < -0.3 is 19.9 Å². The number of carbonyl (C=O) groups excluding carboxylic acids is 1. The molecule has 0 saturated carbocycles. The predicted octanol–water partition coefficient (Wildman–Crippen LogP) is 2.79. The molecule has 1 aliphatic rings. The molecule has 0 aliphatic carbocycles. The van der Waals surface area contributed by atoms with E-state index in [2.05, 4.69) is 25.4 Å². The van der Waals surface area contributed by atoms with Gasteiger partial charge in [-0.15, -0.1) is 10.2 Å². The molecule has 1 fully saturated rings. The lowest BCUT2D eigenvalue weighted by Gasteiger charge is -2.35. The summed E-state index contributed by atoms with van der Waals surface area (Å²) in [7, 11) is 0. The first-order valence-electron chi connectivity index (χ1n) is 10.4. The van der Waals surface area contributed by atoms with Crippen molar-refractivity contribution < 1.29 is 9.53 Å². The number of amides is 1. The van der Waals surface area contributed by atoms with Gasteiger partial charge in [0.05, 0.1) is 6.61 Å². The molecule has 1 amide bonds. The number of rotatable bonds is 7. The highest BCUT2D eigenvalue weighted by Crippen LogP contribution is 2.17. The molecule has 160 valence electrons. The summed E-state index contributed by atoms with van der Waals surface area (Å²) >= 11 is 0. The maximum absolute atomic E-state index is 12.4. The molecule has 1 aromatic carbocycles. The highest BCUT2D eigenvalue weighted by atomic mass is 16.5. The number of anilines is 3. The van der Waals surface area contributed by atoms with Gasteiger partial charge in [0.15, 0.2) is 11.6 Å². The minimum atomic E-state index is 0.0202. The molecule has 0 radical (unpaired) electrons. The summed E-state index contributed by atoms with van der Waals surface area (Å²) in [6.45, 7) is 5.25. The van der Waals surface area contributed by atoms with Crippen LogP contribution in [0.5, 0.6) is 0 Å². The van der Waals surface area contributed by atoms with Gasteiger partial charge in [0.25, 0.3) is 0 Å². The number of benzene rings is 1. The number of carbonyl (C=O) groups is 1. The van der Waals surface area contributed by atoms with Crippen molar-refractivity contribution in [1.82, 2.24) is 20.1 Å². The highest BCUT2D eigenvalue weighted by Gasteiger charge is 2.22. The van der Waals surface area contributed by atoms with Crippen LogP contribution in [-0.4, -0.2) is 58.8 Å². The number of ether oxygens (including phenoxy) is 1. The fourth-order valence-electron chi connectivity index (χ4n) is 3.34. The van der Waals surface area contributed by atoms with Gasteiger partial charge in [0.1, 0.15) is 12.4 Å². The normalized spacial score (nSPS) is 13.8. The van der Waals surface area contributed by atoms with E-state index < -0.39 is 0 Å². The van der Waals surface area contributed by atoms with Crippen LogP contribution in [0.15, 0.2) is 60.8 Å². The van der Waals surface area contributed by atoms with Crippen LogP contribution in [0.25, 0.3) is 0 Å². The molecule has 0 atom stereocenters. The van der Waals surface area contributed by atoms with E-state index in [0.29, 0.717) is 38.6 Å². The summed E-state index contributed by atoms with van der Waals surface area (Å²) in [5, 5.41) is 11.7. The summed E-state index contributed by atoms with van der Waals surface area (Å²) in [6.07, 6.45) is 1.80. The van der Waals surface area contributed by atoms with Gasteiger partial charge in [-0.2, -0.15) is 0 Å². The Balaban J connectivity index is 1.22. The molecule has 8 nitrogen and oxygen atoms in total. The Morgan fingerprint density at radius 1 is 0.968 bits per heavy atom. The zero-order valence-electron chi connectivity index (χ0n) is 17.6. The van der Waals surface area contributed by atoms with Crippen LogP contribution in [0, 0.1) is 6.92 Å². The standard InChI is InChI=1S/C23H26N6O2/c1-18-7-8-20(24-15-18)25-21-9-10-22(27-26-21)28-11-13-29(14-12-28)23(30)17-31-16-19-5-3-2-4-6-19/h2-10,15H,11-14,16-17H2,1H3,(H,24,25,26). The van der Waals surface area contributed by atoms with Gasteiger partial charge in [-0.3, -0.25) is 4.79 Å². The quantitative estimate of drug-likeness (QED) is 0.632. The number of aryl methyl sites for hydroxylation is 1. The van der Waals surface area contributed by atoms with Crippen molar-refractivity contribution in [1.29, 1.82) is 0 Å². The van der Waals surface area contributed by atoms with E-state index in [1.54, 1.807) is 6.20 Å². The minimum Gasteiger partial charge on any atom is -0.367 e. The van der Waals surface area contributed by atoms with Crippen molar-refractivity contribution in [3.05, 3.63) is 71.9 Å². The Morgan fingerprint density at radius 2 is 1.74 bits per heavy atom. The third kappa shape index (κ3) is 5.76. The second kappa shape index (κ2) is 9.99. The number of hydrogen-bond donors (Lipinski definition) is 1. The SMILES string of the molecule is Cc1ccc(Nc2ccc(N3CCN(C(=O)COCc4ccccc4)CC3)nn2)nc1. The average molecular weight is 419 g/mol. The summed E-state index contributed by atoms with van der Waals surface area (Å²) < 4.78 is 5.58. The van der Waals surface area contributed by atoms with E-state index in [1.807, 2.05) is 66.4 Å². The maximum Gasteiger partial charge on any atom is 0.248 e. The van der Waals surface area contributed by atoms with Crippen molar-refractivity contribution in [2.45, 2.75) is 13.5 Å². The van der Waals surface area contributed by atoms with Gasteiger partial charge >= 0.3 is 0 Å². The van der Waals surface area contributed by atoms with Crippen LogP contribution in [0.4, 0.5) is 17.5 Å². The molecule has 31 heavy (non-hydrogen) atoms. The largest absolute Gasteiger partial charge is 0.367 e. The fraction of sp³-hybridized carbons (Fsp3) is 0.304. The molecule has 2 aromatic heterocycles. The zero-order valence-corrected chi connectivity index (χ0v) is 17.6. The molecule has 0 spiro atoms. The lowest BCUT2D eigenvalue weighted by atomic mass is 10.2. The first-order chi connectivity index (χ1) is 15.2. The van der Waals surface area contributed by atoms with Crippen molar-refractivity contribution in [3.63, 3.8) is 0 Å². The van der Waals surface area contributed by atoms with Crippen LogP contribution in [0.2, 0.25) is 0 Å². The molecule has 4 rings (SSSR count). The highest BCUT2D eigenvalue weighted by molar-refractivity contribution is 5.77. The second-order valence-electron chi connectivity index (χ2n) is 7.47. The lowest BCUT2D eigenvalue weighted by molar-refractivity contribution is -0.136. The van der Waals surface area contributed by atoms with E-state index in [4.69, 9.17) is 4.74 Å². The summed E-state index contributed by atoms with van der Waals surface area (Å²) in [5.74, 6) is 2.19. The predicted molar refractivity (Wildman–Crippen MR) is 119 cm³/mol. The molecule has 0 bridgehead atoms. The van der Waals surface area contributed by atoms with Crippen LogP contribution in [0.1, 0.15) is 11.1 Å². The molecule has 0 unspecified atom stereocenters. The Bertz CT molecular complexity index is 971. The number of nitrogens with one attached hydrogen (secondary N) is 1. The maximum atomic E-state index is 12.4. The van der Waals surface area contributed by atoms with E-state index in [9.17, 15) is 4.79 Å². The smallest absolute Gasteiger partial charge is 0.248 e. The number of nitrogens with zero attached hydrogens (tertiary/aromatic N) is 5. The number of pyridine rings is 1. The van der Waals surface area contributed by atoms with Crippen molar-refractivity contribution in [2.24, 2.45) is 0 Å². The second-order valence-corrected chi connectivity index (χ2v) is 7.47. The minimum absolute atomic E-state index is 0.0202. The van der Waals surface area contributed by atoms with Crippen LogP contribution < -0.4 is 10.2 Å². The summed E-state index contributed by atoms with van der Waals surface area (Å²) in [4.78, 5) is 20.7. The third-order valence-corrected chi connectivity index (χ3v) is 5.11. The van der Waals surface area contributed by atoms with Crippen molar-refractivity contribution in [2.75, 3.05) is 43.0 Å². The van der Waals surface area contributed by atoms with Crippen LogP contribution in [-0.2, 0) is 16.1 Å². The van der Waals surface area contributed by atoms with Gasteiger partial charge in [-0.05, 0) is 36.2 Å². The van der Waals surface area contributed by atoms with Crippen molar-refractivity contribution in [3.8, 4) is 0 Å². The van der Waals surface area contributed by atoms with Gasteiger partial charge in [-0.25, -0.2) is 4.98 Å². The first-order valence-corrected chi connectivity index (χ1v) is 10.4. The van der Waals surface area contributed by atoms with E-state index >= 15 is 0 Å². The molecule has 1 N–H and O–H groups in total. The fourth-order valence-corrected chi connectivity index (χ4v) is 3.34. The molecule has 3 aromatic rings. The molecule has 1 aliphatic heterocycles. The molecule has 1 saturated heterocycles. The Labute approximate surface area is 181 Å². The van der Waals surface area contributed by atoms with E-state index in [0.717, 1.165) is 22.8 Å². The Kier molecular flexibility index (Phi) is 6.68. The average Bonchev–Trinajstić information content (AvgIpc) is 2.82. The van der Waals surface area contributed by atoms with Crippen LogP contribution >= 0.6 is 0 Å². The van der Waals surface area contributed by atoms with Gasteiger partial charge in [0.2, 0.25) is 5.91 Å². The molecule has 8 heteroatoms. The Hall–Kier alpha value is -3.52. The van der Waals surface area contributed by atoms with E-state index in [1.165, 1.54) is 0 Å². The van der Waals surface area contributed by atoms with Crippen molar-refractivity contribution >= 4 is 23.4 Å². The number of piperazine rings is 1. The molecular weight excluding hydrogens is 392 g/mol. The monoisotopic (exact) mass is 418 g/mol. The molecular formula is C23H26N6O2. The Morgan fingerprint density at radius 3 is 2.42 bits per heavy atom. The van der Waals surface area contributed by atoms with E-state index in [-0.39, 0.29) is 12.5 Å². The molecule has 3 heterocycles. The summed E-state index contributed by atoms with van der Waals surface area (Å²) in [5.41, 5.74) is 2.17. The zero-order chi connectivity index (χ0) is 21.5. The number of aromatic nitrogens is 3. The topological polar surface area (TPSA) is 83.5 Å². The van der Waals surface area contributed by atoms with Crippen LogP contribution in [0.3, 0.4) is 0 Å². The van der Waals surface area contributed by atoms with Gasteiger partial charge in [0, 0.05) is 32.4 Å². The number of hydrogen-bond acceptors (Lipinski definition) is 7. The van der Waals surface area contributed by atoms with Gasteiger partial charge in [-0.1, -0.05) is 36.4 Å². The lowest BCUT2D eigenvalue weighted by Crippen LogP contribution is -2.50. The summed E-state index contributed by atoms with van der Waals surface area (Å²) in [6, 6.07) is 17.6.